The second-order valence-electron chi connectivity index (χ2n) is 6.01. The zero-order chi connectivity index (χ0) is 17.9. The van der Waals surface area contributed by atoms with Crippen molar-refractivity contribution in [3.8, 4) is 11.4 Å². The van der Waals surface area contributed by atoms with Gasteiger partial charge in [-0.05, 0) is 41.8 Å². The number of amides is 1. The fourth-order valence-corrected chi connectivity index (χ4v) is 2.76. The molecular weight excluding hydrogens is 330 g/mol. The van der Waals surface area contributed by atoms with Crippen LogP contribution in [0.15, 0.2) is 60.8 Å². The first-order valence-electron chi connectivity index (χ1n) is 8.21. The Labute approximate surface area is 149 Å². The molecule has 0 radical (unpaired) electrons. The summed E-state index contributed by atoms with van der Waals surface area (Å²) in [5.41, 5.74) is 3.33. The van der Waals surface area contributed by atoms with Gasteiger partial charge in [-0.3, -0.25) is 4.79 Å². The highest BCUT2D eigenvalue weighted by atomic mass is 16.3. The van der Waals surface area contributed by atoms with Crippen molar-refractivity contribution in [3.63, 3.8) is 0 Å². The molecule has 0 spiro atoms. The standard InChI is InChI=1S/C19H17N5O2/c25-17-7-5-16(6-8-17)24-12-15(22-23-24)11-20-19(26)10-14-9-13-3-1-2-4-18(13)21-14/h1-9,12,21,25H,10-11H2,(H,20,26). The molecule has 2 heterocycles. The van der Waals surface area contributed by atoms with E-state index in [2.05, 4.69) is 20.6 Å². The molecule has 0 fully saturated rings. The third-order valence-electron chi connectivity index (χ3n) is 4.06. The third-order valence-corrected chi connectivity index (χ3v) is 4.06. The van der Waals surface area contributed by atoms with Crippen LogP contribution in [-0.4, -0.2) is 31.0 Å². The highest BCUT2D eigenvalue weighted by Gasteiger charge is 2.08. The highest BCUT2D eigenvalue weighted by molar-refractivity contribution is 5.84. The number of carbonyl (C=O) groups is 1. The number of hydrogen-bond acceptors (Lipinski definition) is 4. The number of nitrogens with one attached hydrogen (secondary N) is 2. The first-order valence-corrected chi connectivity index (χ1v) is 8.21. The normalized spacial score (nSPS) is 10.9. The SMILES string of the molecule is O=C(Cc1cc2ccccc2[nH]1)NCc1cn(-c2ccc(O)cc2)nn1. The van der Waals surface area contributed by atoms with E-state index in [0.717, 1.165) is 22.3 Å². The first-order chi connectivity index (χ1) is 12.7. The van der Waals surface area contributed by atoms with Crippen LogP contribution in [0.1, 0.15) is 11.4 Å². The molecule has 4 rings (SSSR count). The second kappa shape index (κ2) is 6.72. The lowest BCUT2D eigenvalue weighted by atomic mass is 10.2. The summed E-state index contributed by atoms with van der Waals surface area (Å²) in [5.74, 6) is 0.106. The number of rotatable bonds is 5. The number of para-hydroxylation sites is 1. The van der Waals surface area contributed by atoms with Gasteiger partial charge in [0.15, 0.2) is 0 Å². The second-order valence-corrected chi connectivity index (χ2v) is 6.01. The van der Waals surface area contributed by atoms with Gasteiger partial charge in [0.2, 0.25) is 5.91 Å². The fourth-order valence-electron chi connectivity index (χ4n) is 2.76. The number of fused-ring (bicyclic) bond motifs is 1. The molecule has 0 saturated heterocycles. The van der Waals surface area contributed by atoms with Crippen LogP contribution < -0.4 is 5.32 Å². The molecule has 0 aliphatic heterocycles. The summed E-state index contributed by atoms with van der Waals surface area (Å²) in [6, 6.07) is 16.5. The molecule has 26 heavy (non-hydrogen) atoms. The summed E-state index contributed by atoms with van der Waals surface area (Å²) in [6.07, 6.45) is 2.02. The van der Waals surface area contributed by atoms with Gasteiger partial charge in [-0.15, -0.1) is 5.10 Å². The summed E-state index contributed by atoms with van der Waals surface area (Å²) in [7, 11) is 0. The zero-order valence-electron chi connectivity index (χ0n) is 13.9. The van der Waals surface area contributed by atoms with Crippen molar-refractivity contribution in [1.82, 2.24) is 25.3 Å². The van der Waals surface area contributed by atoms with Gasteiger partial charge in [0, 0.05) is 11.2 Å². The molecular formula is C19H17N5O2. The lowest BCUT2D eigenvalue weighted by molar-refractivity contribution is -0.120. The Bertz CT molecular complexity index is 1020. The van der Waals surface area contributed by atoms with Crippen molar-refractivity contribution in [1.29, 1.82) is 0 Å². The Hall–Kier alpha value is -3.61. The van der Waals surface area contributed by atoms with Crippen LogP contribution in [0.2, 0.25) is 0 Å². The molecule has 0 atom stereocenters. The van der Waals surface area contributed by atoms with E-state index in [1.54, 1.807) is 35.1 Å². The van der Waals surface area contributed by atoms with E-state index < -0.39 is 0 Å². The van der Waals surface area contributed by atoms with Crippen molar-refractivity contribution in [2.24, 2.45) is 0 Å². The lowest BCUT2D eigenvalue weighted by Gasteiger charge is -2.01. The lowest BCUT2D eigenvalue weighted by Crippen LogP contribution is -2.24. The van der Waals surface area contributed by atoms with Gasteiger partial charge in [-0.1, -0.05) is 23.4 Å². The summed E-state index contributed by atoms with van der Waals surface area (Å²) in [4.78, 5) is 15.4. The van der Waals surface area contributed by atoms with E-state index in [0.29, 0.717) is 12.2 Å². The maximum Gasteiger partial charge on any atom is 0.226 e. The molecule has 130 valence electrons. The predicted molar refractivity (Wildman–Crippen MR) is 96.9 cm³/mol. The van der Waals surface area contributed by atoms with E-state index in [1.807, 2.05) is 30.3 Å². The summed E-state index contributed by atoms with van der Waals surface area (Å²) >= 11 is 0. The Morgan fingerprint density at radius 2 is 1.96 bits per heavy atom. The fraction of sp³-hybridized carbons (Fsp3) is 0.105. The van der Waals surface area contributed by atoms with Crippen LogP contribution in [0.25, 0.3) is 16.6 Å². The Morgan fingerprint density at radius 3 is 2.77 bits per heavy atom. The number of phenolic OH excluding ortho intramolecular Hbond substituents is 1. The van der Waals surface area contributed by atoms with E-state index in [4.69, 9.17) is 0 Å². The number of phenols is 1. The monoisotopic (exact) mass is 347 g/mol. The Kier molecular flexibility index (Phi) is 4.10. The number of benzene rings is 2. The quantitative estimate of drug-likeness (QED) is 0.516. The Morgan fingerprint density at radius 1 is 1.15 bits per heavy atom. The molecule has 0 saturated carbocycles. The predicted octanol–water partition coefficient (Wildman–Crippen LogP) is 2.31. The van der Waals surface area contributed by atoms with Crippen LogP contribution in [0.5, 0.6) is 5.75 Å². The molecule has 3 N–H and O–H groups in total. The average molecular weight is 347 g/mol. The minimum atomic E-state index is -0.0873. The molecule has 0 bridgehead atoms. The number of aromatic hydroxyl groups is 1. The molecule has 2 aromatic carbocycles. The average Bonchev–Trinajstić information content (AvgIpc) is 3.27. The van der Waals surface area contributed by atoms with Crippen molar-refractivity contribution in [2.75, 3.05) is 0 Å². The van der Waals surface area contributed by atoms with Crippen LogP contribution in [0, 0.1) is 0 Å². The van der Waals surface area contributed by atoms with Crippen LogP contribution in [0.4, 0.5) is 0 Å². The minimum absolute atomic E-state index is 0.0873. The molecule has 1 amide bonds. The maximum absolute atomic E-state index is 12.2. The largest absolute Gasteiger partial charge is 0.508 e. The molecule has 0 unspecified atom stereocenters. The maximum atomic E-state index is 12.2. The van der Waals surface area contributed by atoms with E-state index in [1.165, 1.54) is 0 Å². The smallest absolute Gasteiger partial charge is 0.226 e. The topological polar surface area (TPSA) is 95.8 Å². The van der Waals surface area contributed by atoms with Gasteiger partial charge in [-0.2, -0.15) is 0 Å². The van der Waals surface area contributed by atoms with Crippen molar-refractivity contribution < 1.29 is 9.90 Å². The third kappa shape index (κ3) is 3.41. The number of carbonyl (C=O) groups excluding carboxylic acids is 1. The van der Waals surface area contributed by atoms with Crippen LogP contribution in [0.3, 0.4) is 0 Å². The summed E-state index contributed by atoms with van der Waals surface area (Å²) in [6.45, 7) is 0.303. The number of aromatic amines is 1. The van der Waals surface area contributed by atoms with E-state index >= 15 is 0 Å². The van der Waals surface area contributed by atoms with Gasteiger partial charge in [0.05, 0.1) is 24.8 Å². The van der Waals surface area contributed by atoms with Gasteiger partial charge in [0.1, 0.15) is 11.4 Å². The first kappa shape index (κ1) is 15.9. The molecule has 7 nitrogen and oxygen atoms in total. The van der Waals surface area contributed by atoms with Gasteiger partial charge in [0.25, 0.3) is 0 Å². The zero-order valence-corrected chi connectivity index (χ0v) is 13.9. The molecule has 2 aromatic heterocycles. The highest BCUT2D eigenvalue weighted by Crippen LogP contribution is 2.15. The summed E-state index contributed by atoms with van der Waals surface area (Å²) in [5, 5.41) is 21.4. The van der Waals surface area contributed by atoms with Gasteiger partial charge in [-0.25, -0.2) is 4.68 Å². The van der Waals surface area contributed by atoms with Crippen LogP contribution >= 0.6 is 0 Å². The number of aromatic nitrogens is 4. The number of hydrogen-bond donors (Lipinski definition) is 3. The van der Waals surface area contributed by atoms with E-state index in [9.17, 15) is 9.90 Å². The molecule has 7 heteroatoms. The Balaban J connectivity index is 1.36. The molecule has 4 aromatic rings. The minimum Gasteiger partial charge on any atom is -0.508 e. The van der Waals surface area contributed by atoms with Crippen molar-refractivity contribution in [3.05, 3.63) is 72.2 Å². The van der Waals surface area contributed by atoms with Crippen molar-refractivity contribution in [2.45, 2.75) is 13.0 Å². The molecule has 0 aliphatic carbocycles. The van der Waals surface area contributed by atoms with Crippen LogP contribution in [-0.2, 0) is 17.8 Å². The number of nitrogens with zero attached hydrogens (tertiary/aromatic N) is 3. The van der Waals surface area contributed by atoms with Gasteiger partial charge >= 0.3 is 0 Å². The van der Waals surface area contributed by atoms with Gasteiger partial charge < -0.3 is 15.4 Å². The summed E-state index contributed by atoms with van der Waals surface area (Å²) < 4.78 is 1.60. The van der Waals surface area contributed by atoms with E-state index in [-0.39, 0.29) is 18.1 Å². The molecule has 0 aliphatic rings. The van der Waals surface area contributed by atoms with Crippen molar-refractivity contribution >= 4 is 16.8 Å². The number of H-pyrrole nitrogens is 1.